The second-order valence-electron chi connectivity index (χ2n) is 5.16. The predicted octanol–water partition coefficient (Wildman–Crippen LogP) is 3.52. The molecule has 2 rings (SSSR count). The summed E-state index contributed by atoms with van der Waals surface area (Å²) in [6, 6.07) is 14.7. The number of fused-ring (bicyclic) bond motifs is 1. The number of aliphatic imine (C=N–C) groups is 1. The number of nitrogens with two attached hydrogens (primary N) is 1. The van der Waals surface area contributed by atoms with Crippen LogP contribution in [0.25, 0.3) is 10.8 Å². The van der Waals surface area contributed by atoms with E-state index in [2.05, 4.69) is 54.5 Å². The molecule has 20 heavy (non-hydrogen) atoms. The number of hydrogen-bond donors (Lipinski definition) is 2. The summed E-state index contributed by atoms with van der Waals surface area (Å²) in [6.45, 7) is 5.75. The van der Waals surface area contributed by atoms with Gasteiger partial charge in [-0.1, -0.05) is 50.2 Å². The fourth-order valence-electron chi connectivity index (χ4n) is 1.88. The topological polar surface area (TPSA) is 50.4 Å². The molecule has 0 amide bonds. The van der Waals surface area contributed by atoms with Gasteiger partial charge in [-0.2, -0.15) is 0 Å². The Bertz CT molecular complexity index is 579. The molecule has 4 heteroatoms. The van der Waals surface area contributed by atoms with E-state index in [0.29, 0.717) is 18.4 Å². The minimum absolute atomic E-state index is 0. The molecule has 0 saturated carbocycles. The molecule has 3 nitrogen and oxygen atoms in total. The summed E-state index contributed by atoms with van der Waals surface area (Å²) in [7, 11) is 0. The number of hydrogen-bond acceptors (Lipinski definition) is 1. The van der Waals surface area contributed by atoms with Gasteiger partial charge < -0.3 is 11.1 Å². The van der Waals surface area contributed by atoms with Crippen LogP contribution in [-0.4, -0.2) is 12.5 Å². The van der Waals surface area contributed by atoms with Gasteiger partial charge in [0.25, 0.3) is 0 Å². The first-order valence-corrected chi connectivity index (χ1v) is 6.66. The Morgan fingerprint density at radius 2 is 1.85 bits per heavy atom. The number of guanidine groups is 1. The van der Waals surface area contributed by atoms with Crippen molar-refractivity contribution in [3.8, 4) is 0 Å². The van der Waals surface area contributed by atoms with E-state index in [1.165, 1.54) is 16.3 Å². The molecule has 0 aliphatic carbocycles. The van der Waals surface area contributed by atoms with E-state index in [1.54, 1.807) is 0 Å². The Kier molecular flexibility index (Phi) is 6.78. The number of benzene rings is 2. The third-order valence-corrected chi connectivity index (χ3v) is 2.94. The summed E-state index contributed by atoms with van der Waals surface area (Å²) in [6.07, 6.45) is 0. The maximum absolute atomic E-state index is 5.82. The maximum atomic E-state index is 5.82. The number of nitrogens with one attached hydrogen (secondary N) is 1. The summed E-state index contributed by atoms with van der Waals surface area (Å²) in [5, 5.41) is 5.61. The van der Waals surface area contributed by atoms with E-state index in [9.17, 15) is 0 Å². The van der Waals surface area contributed by atoms with Crippen molar-refractivity contribution in [2.45, 2.75) is 20.4 Å². The zero-order valence-corrected chi connectivity index (χ0v) is 14.3. The Labute approximate surface area is 137 Å². The maximum Gasteiger partial charge on any atom is 0.188 e. The SMILES string of the molecule is CC(C)CNC(N)=NCc1ccc2ccccc2c1.I. The van der Waals surface area contributed by atoms with Gasteiger partial charge in [0.15, 0.2) is 5.96 Å². The molecule has 3 N–H and O–H groups in total. The van der Waals surface area contributed by atoms with Gasteiger partial charge in [0.1, 0.15) is 0 Å². The standard InChI is InChI=1S/C16H21N3.HI/c1-12(2)10-18-16(17)19-11-13-7-8-14-5-3-4-6-15(14)9-13;/h3-9,12H,10-11H2,1-2H3,(H3,17,18,19);1H. The van der Waals surface area contributed by atoms with Gasteiger partial charge in [-0.3, -0.25) is 0 Å². The average molecular weight is 383 g/mol. The first-order chi connectivity index (χ1) is 9.15. The van der Waals surface area contributed by atoms with Crippen molar-refractivity contribution in [2.75, 3.05) is 6.54 Å². The lowest BCUT2D eigenvalue weighted by Crippen LogP contribution is -2.34. The molecule has 0 bridgehead atoms. The van der Waals surface area contributed by atoms with Crippen molar-refractivity contribution >= 4 is 40.7 Å². The van der Waals surface area contributed by atoms with Crippen LogP contribution in [0, 0.1) is 5.92 Å². The van der Waals surface area contributed by atoms with Crippen LogP contribution in [0.15, 0.2) is 47.5 Å². The number of rotatable bonds is 4. The van der Waals surface area contributed by atoms with Gasteiger partial charge in [0.2, 0.25) is 0 Å². The van der Waals surface area contributed by atoms with Crippen molar-refractivity contribution in [3.63, 3.8) is 0 Å². The summed E-state index contributed by atoms with van der Waals surface area (Å²) in [5.41, 5.74) is 7.00. The van der Waals surface area contributed by atoms with Crippen molar-refractivity contribution < 1.29 is 0 Å². The van der Waals surface area contributed by atoms with Crippen molar-refractivity contribution in [2.24, 2.45) is 16.6 Å². The molecule has 0 heterocycles. The van der Waals surface area contributed by atoms with E-state index in [1.807, 2.05) is 12.1 Å². The zero-order chi connectivity index (χ0) is 13.7. The molecule has 0 spiro atoms. The lowest BCUT2D eigenvalue weighted by molar-refractivity contribution is 0.622. The average Bonchev–Trinajstić information content (AvgIpc) is 2.42. The molecule has 0 atom stereocenters. The summed E-state index contributed by atoms with van der Waals surface area (Å²) >= 11 is 0. The Hall–Kier alpha value is -1.30. The molecule has 0 radical (unpaired) electrons. The molecule has 0 saturated heterocycles. The van der Waals surface area contributed by atoms with Crippen LogP contribution in [0.3, 0.4) is 0 Å². The van der Waals surface area contributed by atoms with Gasteiger partial charge in [-0.15, -0.1) is 24.0 Å². The summed E-state index contributed by atoms with van der Waals surface area (Å²) < 4.78 is 0. The van der Waals surface area contributed by atoms with Crippen LogP contribution in [0.4, 0.5) is 0 Å². The molecular weight excluding hydrogens is 361 g/mol. The summed E-state index contributed by atoms with van der Waals surface area (Å²) in [4.78, 5) is 4.36. The monoisotopic (exact) mass is 383 g/mol. The fraction of sp³-hybridized carbons (Fsp3) is 0.312. The molecule has 0 aromatic heterocycles. The molecule has 0 aliphatic rings. The van der Waals surface area contributed by atoms with E-state index < -0.39 is 0 Å². The second-order valence-corrected chi connectivity index (χ2v) is 5.16. The predicted molar refractivity (Wildman–Crippen MR) is 97.5 cm³/mol. The Morgan fingerprint density at radius 1 is 1.15 bits per heavy atom. The lowest BCUT2D eigenvalue weighted by atomic mass is 10.1. The highest BCUT2D eigenvalue weighted by molar-refractivity contribution is 14.0. The molecule has 2 aromatic carbocycles. The lowest BCUT2D eigenvalue weighted by Gasteiger charge is -2.08. The first kappa shape index (κ1) is 16.8. The molecule has 0 aliphatic heterocycles. The fourth-order valence-corrected chi connectivity index (χ4v) is 1.88. The molecule has 2 aromatic rings. The van der Waals surface area contributed by atoms with E-state index >= 15 is 0 Å². The molecule has 0 fully saturated rings. The minimum Gasteiger partial charge on any atom is -0.370 e. The largest absolute Gasteiger partial charge is 0.370 e. The smallest absolute Gasteiger partial charge is 0.188 e. The molecular formula is C16H22IN3. The minimum atomic E-state index is 0. The van der Waals surface area contributed by atoms with E-state index in [4.69, 9.17) is 5.73 Å². The quantitative estimate of drug-likeness (QED) is 0.482. The summed E-state index contributed by atoms with van der Waals surface area (Å²) in [5.74, 6) is 1.08. The first-order valence-electron chi connectivity index (χ1n) is 6.66. The second kappa shape index (κ2) is 8.09. The zero-order valence-electron chi connectivity index (χ0n) is 12.0. The highest BCUT2D eigenvalue weighted by atomic mass is 127. The highest BCUT2D eigenvalue weighted by Gasteiger charge is 1.97. The van der Waals surface area contributed by atoms with Gasteiger partial charge in [0.05, 0.1) is 6.54 Å². The third-order valence-electron chi connectivity index (χ3n) is 2.94. The Morgan fingerprint density at radius 3 is 2.55 bits per heavy atom. The van der Waals surface area contributed by atoms with Crippen LogP contribution >= 0.6 is 24.0 Å². The molecule has 108 valence electrons. The van der Waals surface area contributed by atoms with Gasteiger partial charge in [-0.05, 0) is 28.3 Å². The van der Waals surface area contributed by atoms with Crippen LogP contribution in [0.2, 0.25) is 0 Å². The van der Waals surface area contributed by atoms with Gasteiger partial charge >= 0.3 is 0 Å². The third kappa shape index (κ3) is 5.00. The van der Waals surface area contributed by atoms with Gasteiger partial charge in [-0.25, -0.2) is 4.99 Å². The van der Waals surface area contributed by atoms with Crippen molar-refractivity contribution in [1.29, 1.82) is 0 Å². The van der Waals surface area contributed by atoms with Crippen LogP contribution < -0.4 is 11.1 Å². The Balaban J connectivity index is 0.00000200. The van der Waals surface area contributed by atoms with E-state index in [0.717, 1.165) is 6.54 Å². The number of halogens is 1. The normalized spacial score (nSPS) is 11.4. The highest BCUT2D eigenvalue weighted by Crippen LogP contribution is 2.15. The van der Waals surface area contributed by atoms with Gasteiger partial charge in [0, 0.05) is 6.54 Å². The van der Waals surface area contributed by atoms with Crippen LogP contribution in [0.5, 0.6) is 0 Å². The van der Waals surface area contributed by atoms with Crippen LogP contribution in [-0.2, 0) is 6.54 Å². The van der Waals surface area contributed by atoms with Crippen molar-refractivity contribution in [1.82, 2.24) is 5.32 Å². The number of nitrogens with zero attached hydrogens (tertiary/aromatic N) is 1. The van der Waals surface area contributed by atoms with Crippen molar-refractivity contribution in [3.05, 3.63) is 48.0 Å². The molecule has 0 unspecified atom stereocenters. The van der Waals surface area contributed by atoms with E-state index in [-0.39, 0.29) is 24.0 Å². The van der Waals surface area contributed by atoms with Crippen LogP contribution in [0.1, 0.15) is 19.4 Å².